The fraction of sp³-hybridized carbons (Fsp3) is 0.579. The molecule has 1 N–H and O–H groups in total. The zero-order valence-electron chi connectivity index (χ0n) is 15.6. The van der Waals surface area contributed by atoms with E-state index in [0.29, 0.717) is 0 Å². The molecule has 2 aromatic rings. The van der Waals surface area contributed by atoms with Crippen LogP contribution in [0.4, 0.5) is 5.82 Å². The van der Waals surface area contributed by atoms with Crippen LogP contribution in [0.25, 0.3) is 0 Å². The van der Waals surface area contributed by atoms with E-state index in [1.54, 1.807) is 11.8 Å². The maximum Gasteiger partial charge on any atom is 0.216 e. The predicted octanol–water partition coefficient (Wildman–Crippen LogP) is 2.80. The van der Waals surface area contributed by atoms with Gasteiger partial charge in [-0.1, -0.05) is 18.9 Å². The topological polar surface area (TPSA) is 55.2 Å². The fourth-order valence-electron chi connectivity index (χ4n) is 3.48. The molecule has 3 heterocycles. The molecule has 0 bridgehead atoms. The molecule has 0 spiro atoms. The van der Waals surface area contributed by atoms with Gasteiger partial charge in [0.1, 0.15) is 5.82 Å². The lowest BCUT2D eigenvalue weighted by Gasteiger charge is -2.21. The van der Waals surface area contributed by atoms with Gasteiger partial charge in [0.15, 0.2) is 0 Å². The maximum absolute atomic E-state index is 5.44. The van der Waals surface area contributed by atoms with Crippen LogP contribution in [0.2, 0.25) is 0 Å². The zero-order chi connectivity index (χ0) is 17.6. The second-order valence-electron chi connectivity index (χ2n) is 6.73. The third-order valence-electron chi connectivity index (χ3n) is 4.85. The van der Waals surface area contributed by atoms with Crippen LogP contribution in [0.1, 0.15) is 42.5 Å². The summed E-state index contributed by atoms with van der Waals surface area (Å²) in [6.07, 6.45) is 7.22. The van der Waals surface area contributed by atoms with Crippen LogP contribution in [-0.2, 0) is 20.1 Å². The van der Waals surface area contributed by atoms with Gasteiger partial charge < -0.3 is 15.0 Å². The monoisotopic (exact) mass is 343 g/mol. The van der Waals surface area contributed by atoms with E-state index >= 15 is 0 Å². The number of nitrogens with zero attached hydrogens (tertiary/aromatic N) is 4. The molecule has 1 fully saturated rings. The smallest absolute Gasteiger partial charge is 0.216 e. The quantitative estimate of drug-likeness (QED) is 0.874. The Hall–Kier alpha value is -2.08. The first-order chi connectivity index (χ1) is 12.2. The van der Waals surface area contributed by atoms with Crippen molar-refractivity contribution in [2.45, 2.75) is 45.7 Å². The second-order valence-corrected chi connectivity index (χ2v) is 6.73. The van der Waals surface area contributed by atoms with Crippen LogP contribution in [0.15, 0.2) is 18.3 Å². The van der Waals surface area contributed by atoms with Crippen molar-refractivity contribution in [3.05, 3.63) is 35.2 Å². The number of methoxy groups -OCH3 is 1. The van der Waals surface area contributed by atoms with Gasteiger partial charge in [-0.3, -0.25) is 0 Å². The summed E-state index contributed by atoms with van der Waals surface area (Å²) in [5, 5.41) is 7.88. The Bertz CT molecular complexity index is 672. The first-order valence-electron chi connectivity index (χ1n) is 9.16. The molecule has 0 aromatic carbocycles. The largest absolute Gasteiger partial charge is 0.481 e. The van der Waals surface area contributed by atoms with Crippen molar-refractivity contribution in [3.8, 4) is 5.88 Å². The minimum absolute atomic E-state index is 0.733. The Morgan fingerprint density at radius 2 is 1.88 bits per heavy atom. The van der Waals surface area contributed by atoms with Crippen LogP contribution in [0.5, 0.6) is 5.88 Å². The molecule has 3 rings (SSSR count). The Balaban J connectivity index is 1.55. The van der Waals surface area contributed by atoms with Gasteiger partial charge in [-0.05, 0) is 31.4 Å². The van der Waals surface area contributed by atoms with Crippen molar-refractivity contribution >= 4 is 5.82 Å². The summed E-state index contributed by atoms with van der Waals surface area (Å²) < 4.78 is 7.22. The van der Waals surface area contributed by atoms with Crippen molar-refractivity contribution in [2.24, 2.45) is 7.05 Å². The molecular formula is C19H29N5O. The Labute approximate surface area is 150 Å². The number of hydrogen-bond donors (Lipinski definition) is 1. The summed E-state index contributed by atoms with van der Waals surface area (Å²) in [7, 11) is 3.59. The maximum atomic E-state index is 5.44. The van der Waals surface area contributed by atoms with Gasteiger partial charge in [0.05, 0.1) is 18.4 Å². The van der Waals surface area contributed by atoms with Crippen LogP contribution >= 0.6 is 0 Å². The molecule has 6 nitrogen and oxygen atoms in total. The van der Waals surface area contributed by atoms with E-state index in [9.17, 15) is 0 Å². The van der Waals surface area contributed by atoms with E-state index in [4.69, 9.17) is 4.74 Å². The van der Waals surface area contributed by atoms with Gasteiger partial charge >= 0.3 is 0 Å². The highest BCUT2D eigenvalue weighted by Gasteiger charge is 2.13. The highest BCUT2D eigenvalue weighted by Crippen LogP contribution is 2.21. The SMILES string of the molecule is COc1c(CNCc2ccc(N3CCCCCC3)nc2)c(C)nn1C. The second kappa shape index (κ2) is 8.34. The number of aryl methyl sites for hydroxylation is 2. The lowest BCUT2D eigenvalue weighted by Crippen LogP contribution is -2.24. The number of nitrogens with one attached hydrogen (secondary N) is 1. The van der Waals surface area contributed by atoms with Crippen molar-refractivity contribution in [1.29, 1.82) is 0 Å². The Kier molecular flexibility index (Phi) is 5.91. The highest BCUT2D eigenvalue weighted by atomic mass is 16.5. The first-order valence-corrected chi connectivity index (χ1v) is 9.16. The van der Waals surface area contributed by atoms with Crippen molar-refractivity contribution in [1.82, 2.24) is 20.1 Å². The van der Waals surface area contributed by atoms with Gasteiger partial charge in [-0.25, -0.2) is 9.67 Å². The average molecular weight is 343 g/mol. The van der Waals surface area contributed by atoms with E-state index in [-0.39, 0.29) is 0 Å². The van der Waals surface area contributed by atoms with E-state index < -0.39 is 0 Å². The lowest BCUT2D eigenvalue weighted by atomic mass is 10.2. The van der Waals surface area contributed by atoms with Crippen molar-refractivity contribution in [2.75, 3.05) is 25.1 Å². The lowest BCUT2D eigenvalue weighted by molar-refractivity contribution is 0.368. The van der Waals surface area contributed by atoms with E-state index in [1.807, 2.05) is 20.2 Å². The van der Waals surface area contributed by atoms with E-state index in [2.05, 4.69) is 32.4 Å². The normalized spacial score (nSPS) is 15.2. The fourth-order valence-corrected chi connectivity index (χ4v) is 3.48. The van der Waals surface area contributed by atoms with Crippen LogP contribution in [0, 0.1) is 6.92 Å². The molecule has 136 valence electrons. The minimum atomic E-state index is 0.733. The number of pyridine rings is 1. The molecule has 0 saturated carbocycles. The molecule has 0 aliphatic carbocycles. The van der Waals surface area contributed by atoms with Crippen LogP contribution < -0.4 is 15.0 Å². The predicted molar refractivity (Wildman–Crippen MR) is 100.0 cm³/mol. The Morgan fingerprint density at radius 3 is 2.52 bits per heavy atom. The summed E-state index contributed by atoms with van der Waals surface area (Å²) in [4.78, 5) is 7.08. The summed E-state index contributed by atoms with van der Waals surface area (Å²) >= 11 is 0. The van der Waals surface area contributed by atoms with Gasteiger partial charge in [-0.15, -0.1) is 0 Å². The molecule has 0 radical (unpaired) electrons. The van der Waals surface area contributed by atoms with Crippen molar-refractivity contribution < 1.29 is 4.74 Å². The standard InChI is InChI=1S/C19H29N5O/c1-15-17(19(25-3)23(2)22-15)14-20-12-16-8-9-18(21-13-16)24-10-6-4-5-7-11-24/h8-9,13,20H,4-7,10-12,14H2,1-3H3. The molecule has 1 aliphatic rings. The van der Waals surface area contributed by atoms with Gasteiger partial charge in [-0.2, -0.15) is 5.10 Å². The van der Waals surface area contributed by atoms with Crippen LogP contribution in [0.3, 0.4) is 0 Å². The van der Waals surface area contributed by atoms with Gasteiger partial charge in [0.25, 0.3) is 0 Å². The van der Waals surface area contributed by atoms with Gasteiger partial charge in [0.2, 0.25) is 5.88 Å². The number of hydrogen-bond acceptors (Lipinski definition) is 5. The van der Waals surface area contributed by atoms with Crippen molar-refractivity contribution in [3.63, 3.8) is 0 Å². The van der Waals surface area contributed by atoms with E-state index in [1.165, 1.54) is 31.2 Å². The summed E-state index contributed by atoms with van der Waals surface area (Å²) in [6.45, 7) is 5.79. The molecule has 2 aromatic heterocycles. The molecule has 6 heteroatoms. The number of aromatic nitrogens is 3. The first kappa shape index (κ1) is 17.7. The van der Waals surface area contributed by atoms with Crippen LogP contribution in [-0.4, -0.2) is 35.0 Å². The molecule has 0 amide bonds. The summed E-state index contributed by atoms with van der Waals surface area (Å²) in [5.74, 6) is 1.93. The molecule has 0 atom stereocenters. The molecule has 1 aliphatic heterocycles. The highest BCUT2D eigenvalue weighted by molar-refractivity contribution is 5.39. The summed E-state index contributed by atoms with van der Waals surface area (Å²) in [5.41, 5.74) is 3.31. The average Bonchev–Trinajstić information content (AvgIpc) is 2.81. The number of rotatable bonds is 6. The molecular weight excluding hydrogens is 314 g/mol. The molecule has 25 heavy (non-hydrogen) atoms. The van der Waals surface area contributed by atoms with E-state index in [0.717, 1.165) is 49.1 Å². The number of ether oxygens (including phenoxy) is 1. The zero-order valence-corrected chi connectivity index (χ0v) is 15.6. The Morgan fingerprint density at radius 1 is 1.12 bits per heavy atom. The third-order valence-corrected chi connectivity index (χ3v) is 4.85. The molecule has 0 unspecified atom stereocenters. The summed E-state index contributed by atoms with van der Waals surface area (Å²) in [6, 6.07) is 4.33. The third kappa shape index (κ3) is 4.31. The van der Waals surface area contributed by atoms with Gasteiger partial charge in [0, 0.05) is 39.4 Å². The number of anilines is 1. The molecule has 1 saturated heterocycles. The minimum Gasteiger partial charge on any atom is -0.481 e.